The molecule has 1 heterocycles. The maximum atomic E-state index is 5.57. The van der Waals surface area contributed by atoms with Gasteiger partial charge in [-0.25, -0.2) is 0 Å². The van der Waals surface area contributed by atoms with E-state index in [0.29, 0.717) is 5.41 Å². The van der Waals surface area contributed by atoms with Crippen molar-refractivity contribution in [2.45, 2.75) is 110 Å². The summed E-state index contributed by atoms with van der Waals surface area (Å²) in [7, 11) is 0. The predicted octanol–water partition coefficient (Wildman–Crippen LogP) is 6.15. The fourth-order valence-corrected chi connectivity index (χ4v) is 4.12. The lowest BCUT2D eigenvalue weighted by Gasteiger charge is -2.40. The van der Waals surface area contributed by atoms with E-state index in [9.17, 15) is 0 Å². The third kappa shape index (κ3) is 3.76. The molecule has 0 radical (unpaired) electrons. The van der Waals surface area contributed by atoms with Crippen LogP contribution in [0.2, 0.25) is 0 Å². The highest BCUT2D eigenvalue weighted by atomic mass is 17.4. The van der Waals surface area contributed by atoms with Crippen LogP contribution in [0.25, 0.3) is 0 Å². The second-order valence-corrected chi connectivity index (χ2v) is 7.03. The van der Waals surface area contributed by atoms with Crippen LogP contribution in [-0.4, -0.2) is 5.79 Å². The van der Waals surface area contributed by atoms with Crippen molar-refractivity contribution in [3.8, 4) is 0 Å². The van der Waals surface area contributed by atoms with Crippen molar-refractivity contribution in [1.29, 1.82) is 0 Å². The minimum atomic E-state index is -0.163. The van der Waals surface area contributed by atoms with Crippen molar-refractivity contribution < 1.29 is 9.78 Å². The summed E-state index contributed by atoms with van der Waals surface area (Å²) in [5, 5.41) is 0. The molecule has 0 unspecified atom stereocenters. The van der Waals surface area contributed by atoms with Crippen LogP contribution in [0.3, 0.4) is 0 Å². The lowest BCUT2D eigenvalue weighted by molar-refractivity contribution is 0.0241. The summed E-state index contributed by atoms with van der Waals surface area (Å²) in [6.45, 7) is 4.57. The van der Waals surface area contributed by atoms with Crippen LogP contribution in [0, 0.1) is 5.41 Å². The molecule has 0 aromatic heterocycles. The standard InChI is InChI=1S/C18H34O2/c1-3-5-7-9-13-17(14-10-8-6-4-2)15-11-12-16-18(17)19-20-18/h3-16H2,1-2H3. The van der Waals surface area contributed by atoms with Gasteiger partial charge < -0.3 is 0 Å². The molecule has 0 bridgehead atoms. The van der Waals surface area contributed by atoms with E-state index in [0.717, 1.165) is 6.42 Å². The molecule has 1 saturated heterocycles. The van der Waals surface area contributed by atoms with Gasteiger partial charge in [0.25, 0.3) is 0 Å². The van der Waals surface area contributed by atoms with Crippen LogP contribution in [-0.2, 0) is 9.78 Å². The number of unbranched alkanes of at least 4 members (excludes halogenated alkanes) is 6. The van der Waals surface area contributed by atoms with Gasteiger partial charge in [0.05, 0.1) is 0 Å². The Morgan fingerprint density at radius 2 is 1.25 bits per heavy atom. The molecule has 2 fully saturated rings. The number of rotatable bonds is 10. The molecule has 0 N–H and O–H groups in total. The molecule has 118 valence electrons. The topological polar surface area (TPSA) is 25.1 Å². The Morgan fingerprint density at radius 1 is 0.700 bits per heavy atom. The van der Waals surface area contributed by atoms with Gasteiger partial charge in [-0.05, 0) is 25.7 Å². The van der Waals surface area contributed by atoms with Gasteiger partial charge in [-0.3, -0.25) is 0 Å². The van der Waals surface area contributed by atoms with Gasteiger partial charge in [0.15, 0.2) is 0 Å². The quantitative estimate of drug-likeness (QED) is 0.273. The Bertz CT molecular complexity index is 259. The molecule has 0 aromatic rings. The lowest BCUT2D eigenvalue weighted by atomic mass is 9.64. The van der Waals surface area contributed by atoms with Gasteiger partial charge in [-0.1, -0.05) is 71.6 Å². The molecular weight excluding hydrogens is 248 g/mol. The van der Waals surface area contributed by atoms with Crippen molar-refractivity contribution in [2.24, 2.45) is 5.41 Å². The van der Waals surface area contributed by atoms with Gasteiger partial charge in [0, 0.05) is 11.8 Å². The summed E-state index contributed by atoms with van der Waals surface area (Å²) < 4.78 is 0. The second kappa shape index (κ2) is 7.79. The Kier molecular flexibility index (Phi) is 6.35. The van der Waals surface area contributed by atoms with Crippen molar-refractivity contribution in [3.05, 3.63) is 0 Å². The highest BCUT2D eigenvalue weighted by molar-refractivity contribution is 4.99. The number of hydrogen-bond donors (Lipinski definition) is 0. The van der Waals surface area contributed by atoms with E-state index < -0.39 is 0 Å². The average Bonchev–Trinajstić information content (AvgIpc) is 3.24. The smallest absolute Gasteiger partial charge is 0.194 e. The van der Waals surface area contributed by atoms with Crippen LogP contribution in [0.4, 0.5) is 0 Å². The largest absolute Gasteiger partial charge is 0.239 e. The SMILES string of the molecule is CCCCCCC1(CCCCCC)CCCCC12OO2. The van der Waals surface area contributed by atoms with Crippen molar-refractivity contribution in [1.82, 2.24) is 0 Å². The van der Waals surface area contributed by atoms with E-state index >= 15 is 0 Å². The lowest BCUT2D eigenvalue weighted by Crippen LogP contribution is -2.41. The van der Waals surface area contributed by atoms with Crippen molar-refractivity contribution in [2.75, 3.05) is 0 Å². The Labute approximate surface area is 125 Å². The third-order valence-corrected chi connectivity index (χ3v) is 5.52. The van der Waals surface area contributed by atoms with Gasteiger partial charge >= 0.3 is 0 Å². The highest BCUT2D eigenvalue weighted by Gasteiger charge is 2.64. The Balaban J connectivity index is 1.88. The Morgan fingerprint density at radius 3 is 1.75 bits per heavy atom. The molecule has 1 spiro atoms. The molecule has 0 amide bonds. The zero-order valence-corrected chi connectivity index (χ0v) is 13.7. The molecule has 1 saturated carbocycles. The molecule has 1 aliphatic carbocycles. The van der Waals surface area contributed by atoms with Crippen LogP contribution in [0.1, 0.15) is 104 Å². The van der Waals surface area contributed by atoms with Crippen LogP contribution >= 0.6 is 0 Å². The van der Waals surface area contributed by atoms with Crippen LogP contribution in [0.15, 0.2) is 0 Å². The maximum absolute atomic E-state index is 5.57. The molecule has 0 aromatic carbocycles. The van der Waals surface area contributed by atoms with Crippen molar-refractivity contribution in [3.63, 3.8) is 0 Å². The summed E-state index contributed by atoms with van der Waals surface area (Å²) in [4.78, 5) is 11.1. The second-order valence-electron chi connectivity index (χ2n) is 7.03. The summed E-state index contributed by atoms with van der Waals surface area (Å²) in [5.74, 6) is -0.163. The first-order valence-corrected chi connectivity index (χ1v) is 9.15. The maximum Gasteiger partial charge on any atom is 0.239 e. The van der Waals surface area contributed by atoms with E-state index in [1.807, 2.05) is 0 Å². The average molecular weight is 282 g/mol. The summed E-state index contributed by atoms with van der Waals surface area (Å²) in [5.41, 5.74) is 0.340. The van der Waals surface area contributed by atoms with Gasteiger partial charge in [-0.2, -0.15) is 9.78 Å². The van der Waals surface area contributed by atoms with Gasteiger partial charge in [0.1, 0.15) is 0 Å². The molecule has 1 aliphatic heterocycles. The summed E-state index contributed by atoms with van der Waals surface area (Å²) >= 11 is 0. The Hall–Kier alpha value is -0.0800. The third-order valence-electron chi connectivity index (χ3n) is 5.52. The predicted molar refractivity (Wildman–Crippen MR) is 83.3 cm³/mol. The molecule has 2 nitrogen and oxygen atoms in total. The molecular formula is C18H34O2. The van der Waals surface area contributed by atoms with Gasteiger partial charge in [-0.15, -0.1) is 0 Å². The van der Waals surface area contributed by atoms with Gasteiger partial charge in [0.2, 0.25) is 5.79 Å². The minimum Gasteiger partial charge on any atom is -0.194 e. The first-order valence-electron chi connectivity index (χ1n) is 9.15. The zero-order chi connectivity index (χ0) is 14.3. The first-order chi connectivity index (χ1) is 9.79. The summed E-state index contributed by atoms with van der Waals surface area (Å²) in [6.07, 6.45) is 18.6. The van der Waals surface area contributed by atoms with E-state index in [1.165, 1.54) is 83.5 Å². The van der Waals surface area contributed by atoms with E-state index in [1.54, 1.807) is 0 Å². The first kappa shape index (κ1) is 16.3. The van der Waals surface area contributed by atoms with Crippen LogP contribution in [0.5, 0.6) is 0 Å². The van der Waals surface area contributed by atoms with E-state index in [-0.39, 0.29) is 5.79 Å². The monoisotopic (exact) mass is 282 g/mol. The normalized spacial score (nSPS) is 23.1. The highest BCUT2D eigenvalue weighted by Crippen LogP contribution is 2.60. The minimum absolute atomic E-state index is 0.163. The molecule has 20 heavy (non-hydrogen) atoms. The van der Waals surface area contributed by atoms with E-state index in [4.69, 9.17) is 9.78 Å². The van der Waals surface area contributed by atoms with Crippen LogP contribution < -0.4 is 0 Å². The summed E-state index contributed by atoms with van der Waals surface area (Å²) in [6, 6.07) is 0. The number of hydrogen-bond acceptors (Lipinski definition) is 2. The zero-order valence-electron chi connectivity index (χ0n) is 13.7. The van der Waals surface area contributed by atoms with Crippen molar-refractivity contribution >= 4 is 0 Å². The van der Waals surface area contributed by atoms with E-state index in [2.05, 4.69) is 13.8 Å². The molecule has 0 atom stereocenters. The molecule has 2 rings (SSSR count). The fourth-order valence-electron chi connectivity index (χ4n) is 4.12. The fraction of sp³-hybridized carbons (Fsp3) is 1.00. The molecule has 2 heteroatoms. The molecule has 2 aliphatic rings.